The Hall–Kier alpha value is -1.29. The summed E-state index contributed by atoms with van der Waals surface area (Å²) in [6.07, 6.45) is 2.04. The van der Waals surface area contributed by atoms with Crippen LogP contribution >= 0.6 is 0 Å². The first-order chi connectivity index (χ1) is 7.63. The first kappa shape index (κ1) is 11.2. The van der Waals surface area contributed by atoms with E-state index in [1.54, 1.807) is 0 Å². The van der Waals surface area contributed by atoms with Crippen molar-refractivity contribution in [2.75, 3.05) is 13.1 Å². The topological polar surface area (TPSA) is 59.5 Å². The molecule has 2 heterocycles. The van der Waals surface area contributed by atoms with E-state index < -0.39 is 0 Å². The fourth-order valence-electron chi connectivity index (χ4n) is 2.33. The Bertz CT molecular complexity index is 398. The highest BCUT2D eigenvalue weighted by molar-refractivity contribution is 5.93. The molecule has 0 radical (unpaired) electrons. The van der Waals surface area contributed by atoms with Crippen LogP contribution in [0.5, 0.6) is 0 Å². The molecular weight excluding hydrogens is 204 g/mol. The van der Waals surface area contributed by atoms with Gasteiger partial charge < -0.3 is 15.1 Å². The molecule has 88 valence electrons. The Labute approximate surface area is 95.4 Å². The fourth-order valence-corrected chi connectivity index (χ4v) is 2.33. The Balaban J connectivity index is 2.21. The molecule has 4 heteroatoms. The average molecular weight is 222 g/mol. The zero-order chi connectivity index (χ0) is 11.7. The van der Waals surface area contributed by atoms with Gasteiger partial charge in [0, 0.05) is 24.7 Å². The lowest BCUT2D eigenvalue weighted by Gasteiger charge is -2.22. The van der Waals surface area contributed by atoms with Crippen molar-refractivity contribution in [3.63, 3.8) is 0 Å². The number of amides is 1. The maximum Gasteiger partial charge on any atom is 0.290 e. The van der Waals surface area contributed by atoms with Gasteiger partial charge in [0.25, 0.3) is 5.91 Å². The van der Waals surface area contributed by atoms with Crippen LogP contribution in [-0.4, -0.2) is 29.9 Å². The van der Waals surface area contributed by atoms with Crippen LogP contribution in [0.3, 0.4) is 0 Å². The molecule has 0 aliphatic carbocycles. The van der Waals surface area contributed by atoms with Gasteiger partial charge in [-0.1, -0.05) is 0 Å². The van der Waals surface area contributed by atoms with Crippen molar-refractivity contribution in [3.8, 4) is 0 Å². The molecule has 1 fully saturated rings. The van der Waals surface area contributed by atoms with Crippen molar-refractivity contribution >= 4 is 5.91 Å². The van der Waals surface area contributed by atoms with Gasteiger partial charge in [-0.15, -0.1) is 0 Å². The van der Waals surface area contributed by atoms with E-state index in [2.05, 4.69) is 0 Å². The van der Waals surface area contributed by atoms with Crippen LogP contribution in [-0.2, 0) is 0 Å². The lowest BCUT2D eigenvalue weighted by atomic mass is 10.2. The molecule has 2 N–H and O–H groups in total. The molecule has 0 aromatic carbocycles. The van der Waals surface area contributed by atoms with Gasteiger partial charge in [-0.05, 0) is 32.8 Å². The maximum absolute atomic E-state index is 12.2. The Morgan fingerprint density at radius 1 is 1.62 bits per heavy atom. The first-order valence-corrected chi connectivity index (χ1v) is 5.71. The third-order valence-corrected chi connectivity index (χ3v) is 3.15. The second-order valence-electron chi connectivity index (χ2n) is 4.40. The maximum atomic E-state index is 12.2. The van der Waals surface area contributed by atoms with Gasteiger partial charge in [0.1, 0.15) is 5.76 Å². The van der Waals surface area contributed by atoms with Crippen LogP contribution in [0.4, 0.5) is 0 Å². The number of carbonyl (C=O) groups is 1. The number of aryl methyl sites for hydroxylation is 2. The fraction of sp³-hybridized carbons (Fsp3) is 0.583. The molecule has 1 aliphatic heterocycles. The van der Waals surface area contributed by atoms with E-state index in [1.807, 2.05) is 24.8 Å². The van der Waals surface area contributed by atoms with E-state index in [4.69, 9.17) is 10.2 Å². The lowest BCUT2D eigenvalue weighted by molar-refractivity contribution is 0.0706. The Morgan fingerprint density at radius 2 is 2.38 bits per heavy atom. The number of nitrogens with zero attached hydrogens (tertiary/aromatic N) is 1. The molecular formula is C12H18N2O2. The number of nitrogens with two attached hydrogens (primary N) is 1. The highest BCUT2D eigenvalue weighted by Gasteiger charge is 2.30. The van der Waals surface area contributed by atoms with Crippen molar-refractivity contribution in [1.29, 1.82) is 0 Å². The SMILES string of the molecule is Cc1cc(C)c(C(=O)N2CCCC2CN)o1. The van der Waals surface area contributed by atoms with Gasteiger partial charge in [0.05, 0.1) is 0 Å². The van der Waals surface area contributed by atoms with Gasteiger partial charge in [-0.2, -0.15) is 0 Å². The van der Waals surface area contributed by atoms with E-state index >= 15 is 0 Å². The monoisotopic (exact) mass is 222 g/mol. The third-order valence-electron chi connectivity index (χ3n) is 3.15. The molecule has 4 nitrogen and oxygen atoms in total. The van der Waals surface area contributed by atoms with Crippen molar-refractivity contribution in [3.05, 3.63) is 23.2 Å². The summed E-state index contributed by atoms with van der Waals surface area (Å²) in [7, 11) is 0. The zero-order valence-electron chi connectivity index (χ0n) is 9.82. The van der Waals surface area contributed by atoms with E-state index in [9.17, 15) is 4.79 Å². The number of carbonyl (C=O) groups excluding carboxylic acids is 1. The van der Waals surface area contributed by atoms with Gasteiger partial charge in [0.2, 0.25) is 0 Å². The summed E-state index contributed by atoms with van der Waals surface area (Å²) in [5, 5.41) is 0. The number of likely N-dealkylation sites (tertiary alicyclic amines) is 1. The second kappa shape index (κ2) is 4.29. The minimum Gasteiger partial charge on any atom is -0.456 e. The van der Waals surface area contributed by atoms with Crippen LogP contribution in [0, 0.1) is 13.8 Å². The van der Waals surface area contributed by atoms with Crippen molar-refractivity contribution in [2.45, 2.75) is 32.7 Å². The molecule has 1 aliphatic rings. The van der Waals surface area contributed by atoms with Gasteiger partial charge in [-0.25, -0.2) is 0 Å². The molecule has 0 saturated carbocycles. The molecule has 1 atom stereocenters. The average Bonchev–Trinajstić information content (AvgIpc) is 2.83. The number of rotatable bonds is 2. The summed E-state index contributed by atoms with van der Waals surface area (Å²) in [4.78, 5) is 14.1. The molecule has 0 spiro atoms. The summed E-state index contributed by atoms with van der Waals surface area (Å²) in [5.74, 6) is 1.24. The predicted octanol–water partition coefficient (Wildman–Crippen LogP) is 1.46. The minimum atomic E-state index is -0.0152. The second-order valence-corrected chi connectivity index (χ2v) is 4.40. The molecule has 1 aromatic heterocycles. The summed E-state index contributed by atoms with van der Waals surface area (Å²) in [6, 6.07) is 2.07. The van der Waals surface area contributed by atoms with Crippen LogP contribution in [0.2, 0.25) is 0 Å². The van der Waals surface area contributed by atoms with Crippen molar-refractivity contribution in [1.82, 2.24) is 4.90 Å². The highest BCUT2D eigenvalue weighted by Crippen LogP contribution is 2.22. The van der Waals surface area contributed by atoms with Gasteiger partial charge >= 0.3 is 0 Å². The molecule has 1 unspecified atom stereocenters. The van der Waals surface area contributed by atoms with E-state index in [0.29, 0.717) is 12.3 Å². The van der Waals surface area contributed by atoms with Crippen LogP contribution in [0.25, 0.3) is 0 Å². The summed E-state index contributed by atoms with van der Waals surface area (Å²) in [6.45, 7) is 5.08. The molecule has 16 heavy (non-hydrogen) atoms. The minimum absolute atomic E-state index is 0.0152. The Kier molecular flexibility index (Phi) is 3.01. The van der Waals surface area contributed by atoms with Gasteiger partial charge in [0.15, 0.2) is 5.76 Å². The number of hydrogen-bond donors (Lipinski definition) is 1. The normalized spacial score (nSPS) is 20.4. The number of hydrogen-bond acceptors (Lipinski definition) is 3. The predicted molar refractivity (Wildman–Crippen MR) is 61.3 cm³/mol. The highest BCUT2D eigenvalue weighted by atomic mass is 16.4. The number of furan rings is 1. The Morgan fingerprint density at radius 3 is 2.94 bits per heavy atom. The van der Waals surface area contributed by atoms with Crippen LogP contribution in [0.15, 0.2) is 10.5 Å². The molecule has 1 aromatic rings. The van der Waals surface area contributed by atoms with Crippen LogP contribution < -0.4 is 5.73 Å². The van der Waals surface area contributed by atoms with E-state index in [1.165, 1.54) is 0 Å². The first-order valence-electron chi connectivity index (χ1n) is 5.71. The van der Waals surface area contributed by atoms with Crippen molar-refractivity contribution in [2.24, 2.45) is 5.73 Å². The summed E-state index contributed by atoms with van der Waals surface area (Å²) < 4.78 is 5.45. The zero-order valence-corrected chi connectivity index (χ0v) is 9.82. The molecule has 2 rings (SSSR count). The molecule has 1 amide bonds. The van der Waals surface area contributed by atoms with Crippen LogP contribution in [0.1, 0.15) is 34.7 Å². The van der Waals surface area contributed by atoms with E-state index in [-0.39, 0.29) is 11.9 Å². The summed E-state index contributed by atoms with van der Waals surface area (Å²) in [5.41, 5.74) is 6.57. The molecule has 0 bridgehead atoms. The quantitative estimate of drug-likeness (QED) is 0.824. The van der Waals surface area contributed by atoms with Crippen molar-refractivity contribution < 1.29 is 9.21 Å². The lowest BCUT2D eigenvalue weighted by Crippen LogP contribution is -2.40. The third kappa shape index (κ3) is 1.85. The van der Waals surface area contributed by atoms with Gasteiger partial charge in [-0.3, -0.25) is 4.79 Å². The summed E-state index contributed by atoms with van der Waals surface area (Å²) >= 11 is 0. The van der Waals surface area contributed by atoms with E-state index in [0.717, 1.165) is 30.7 Å². The standard InChI is InChI=1S/C12H18N2O2/c1-8-6-9(2)16-11(8)12(15)14-5-3-4-10(14)7-13/h6,10H,3-5,7,13H2,1-2H3. The largest absolute Gasteiger partial charge is 0.456 e. The molecule has 1 saturated heterocycles. The smallest absolute Gasteiger partial charge is 0.290 e.